The van der Waals surface area contributed by atoms with Crippen LogP contribution in [0.25, 0.3) is 12.3 Å². The highest BCUT2D eigenvalue weighted by Crippen LogP contribution is 1.61. The number of H-pyrrole nitrogens is 1. The minimum Gasteiger partial charge on any atom is -0.393 e. The Morgan fingerprint density at radius 2 is 2.40 bits per heavy atom. The summed E-state index contributed by atoms with van der Waals surface area (Å²) < 4.78 is 0. The Morgan fingerprint density at radius 1 is 1.60 bits per heavy atom. The Hall–Kier alpha value is -1.18. The zero-order valence-electron chi connectivity index (χ0n) is 6.31. The van der Waals surface area contributed by atoms with Crippen molar-refractivity contribution >= 4 is 12.3 Å². The average molecular weight is 136 g/mol. The third-order valence-electron chi connectivity index (χ3n) is 1.40. The summed E-state index contributed by atoms with van der Waals surface area (Å²) in [4.78, 5) is 3.11. The van der Waals surface area contributed by atoms with Gasteiger partial charge in [0.05, 0.1) is 0 Å². The molecule has 2 heteroatoms. The first-order valence-corrected chi connectivity index (χ1v) is 3.35. The van der Waals surface area contributed by atoms with Crippen molar-refractivity contribution in [1.82, 2.24) is 10.3 Å². The maximum atomic E-state index is 3.11. The lowest BCUT2D eigenvalue weighted by Crippen LogP contribution is -2.23. The van der Waals surface area contributed by atoms with E-state index in [9.17, 15) is 0 Å². The summed E-state index contributed by atoms with van der Waals surface area (Å²) in [6, 6.07) is 2.03. The lowest BCUT2D eigenvalue weighted by molar-refractivity contribution is 1.17. The summed E-state index contributed by atoms with van der Waals surface area (Å²) in [7, 11) is 1.90. The molecular formula is C8H12N2. The second-order valence-electron chi connectivity index (χ2n) is 2.07. The van der Waals surface area contributed by atoms with Crippen molar-refractivity contribution in [2.45, 2.75) is 6.92 Å². The number of hydrogen-bond acceptors (Lipinski definition) is 1. The molecule has 2 nitrogen and oxygen atoms in total. The molecule has 0 fully saturated rings. The van der Waals surface area contributed by atoms with Gasteiger partial charge in [0.15, 0.2) is 0 Å². The Balaban J connectivity index is 3.28. The van der Waals surface area contributed by atoms with E-state index < -0.39 is 0 Å². The average Bonchev–Trinajstić information content (AvgIpc) is 2.36. The van der Waals surface area contributed by atoms with Crippen molar-refractivity contribution < 1.29 is 0 Å². The van der Waals surface area contributed by atoms with Gasteiger partial charge in [-0.2, -0.15) is 0 Å². The van der Waals surface area contributed by atoms with Gasteiger partial charge >= 0.3 is 0 Å². The maximum absolute atomic E-state index is 3.11. The molecule has 0 aliphatic rings. The predicted molar refractivity (Wildman–Crippen MR) is 43.7 cm³/mol. The third-order valence-corrected chi connectivity index (χ3v) is 1.40. The van der Waals surface area contributed by atoms with E-state index in [1.54, 1.807) is 0 Å². The van der Waals surface area contributed by atoms with E-state index in [1.807, 2.05) is 38.5 Å². The van der Waals surface area contributed by atoms with Crippen molar-refractivity contribution in [3.8, 4) is 0 Å². The molecule has 0 spiro atoms. The topological polar surface area (TPSA) is 27.8 Å². The first-order valence-electron chi connectivity index (χ1n) is 3.35. The monoisotopic (exact) mass is 136 g/mol. The van der Waals surface area contributed by atoms with Crippen molar-refractivity contribution in [3.63, 3.8) is 0 Å². The second-order valence-corrected chi connectivity index (χ2v) is 2.07. The van der Waals surface area contributed by atoms with Gasteiger partial charge in [-0.25, -0.2) is 0 Å². The SMILES string of the molecule is C/C=c1/[nH]cc/c1=C/NC. The fourth-order valence-corrected chi connectivity index (χ4v) is 0.926. The molecule has 54 valence electrons. The molecule has 0 amide bonds. The van der Waals surface area contributed by atoms with Crippen LogP contribution < -0.4 is 15.9 Å². The quantitative estimate of drug-likeness (QED) is 0.548. The minimum absolute atomic E-state index is 1.16. The van der Waals surface area contributed by atoms with Crippen LogP contribution in [0.5, 0.6) is 0 Å². The Bertz CT molecular complexity index is 295. The zero-order chi connectivity index (χ0) is 7.40. The molecule has 0 radical (unpaired) electrons. The number of aromatic amines is 1. The lowest BCUT2D eigenvalue weighted by atomic mass is 10.4. The van der Waals surface area contributed by atoms with E-state index >= 15 is 0 Å². The van der Waals surface area contributed by atoms with Gasteiger partial charge in [-0.1, -0.05) is 6.08 Å². The minimum atomic E-state index is 1.16. The number of rotatable bonds is 1. The first-order chi connectivity index (χ1) is 4.88. The summed E-state index contributed by atoms with van der Waals surface area (Å²) in [5.41, 5.74) is 0. The molecule has 2 N–H and O–H groups in total. The van der Waals surface area contributed by atoms with Crippen molar-refractivity contribution in [3.05, 3.63) is 22.8 Å². The van der Waals surface area contributed by atoms with Crippen molar-refractivity contribution in [2.24, 2.45) is 0 Å². The molecule has 0 atom stereocenters. The summed E-state index contributed by atoms with van der Waals surface area (Å²) in [6.07, 6.45) is 5.94. The summed E-state index contributed by atoms with van der Waals surface area (Å²) in [5.74, 6) is 0. The van der Waals surface area contributed by atoms with E-state index in [0.717, 1.165) is 5.35 Å². The van der Waals surface area contributed by atoms with Crippen LogP contribution in [0, 0.1) is 0 Å². The second kappa shape index (κ2) is 3.11. The molecule has 1 aromatic heterocycles. The molecule has 0 saturated heterocycles. The summed E-state index contributed by atoms with van der Waals surface area (Å²) >= 11 is 0. The standard InChI is InChI=1S/C8H12N2/c1-3-8-7(6-9-2)4-5-10-8/h3-6,9-10H,1-2H3/b7-6-,8-3+. The van der Waals surface area contributed by atoms with Gasteiger partial charge in [-0.05, 0) is 13.0 Å². The van der Waals surface area contributed by atoms with Gasteiger partial charge in [-0.3, -0.25) is 0 Å². The highest BCUT2D eigenvalue weighted by molar-refractivity contribution is 5.25. The molecule has 0 aliphatic carbocycles. The maximum Gasteiger partial charge on any atom is 0.0425 e. The van der Waals surface area contributed by atoms with Crippen molar-refractivity contribution in [1.29, 1.82) is 0 Å². The first kappa shape index (κ1) is 6.93. The van der Waals surface area contributed by atoms with Gasteiger partial charge < -0.3 is 10.3 Å². The molecule has 10 heavy (non-hydrogen) atoms. The largest absolute Gasteiger partial charge is 0.393 e. The lowest BCUT2D eigenvalue weighted by Gasteiger charge is -1.81. The molecular weight excluding hydrogens is 124 g/mol. The van der Waals surface area contributed by atoms with Crippen LogP contribution in [-0.4, -0.2) is 12.0 Å². The van der Waals surface area contributed by atoms with Crippen molar-refractivity contribution in [2.75, 3.05) is 7.05 Å². The summed E-state index contributed by atoms with van der Waals surface area (Å²) in [5, 5.41) is 5.34. The Kier molecular flexibility index (Phi) is 2.15. The van der Waals surface area contributed by atoms with Gasteiger partial charge in [0, 0.05) is 30.0 Å². The van der Waals surface area contributed by atoms with E-state index in [-0.39, 0.29) is 0 Å². The van der Waals surface area contributed by atoms with Crippen LogP contribution in [0.4, 0.5) is 0 Å². The third kappa shape index (κ3) is 1.21. The van der Waals surface area contributed by atoms with E-state index in [4.69, 9.17) is 0 Å². The zero-order valence-corrected chi connectivity index (χ0v) is 6.31. The van der Waals surface area contributed by atoms with E-state index in [1.165, 1.54) is 5.22 Å². The van der Waals surface area contributed by atoms with Crippen LogP contribution in [0.2, 0.25) is 0 Å². The van der Waals surface area contributed by atoms with Crippen LogP contribution in [-0.2, 0) is 0 Å². The van der Waals surface area contributed by atoms with Gasteiger partial charge in [0.25, 0.3) is 0 Å². The molecule has 0 aliphatic heterocycles. The molecule has 1 aromatic rings. The molecule has 1 rings (SSSR count). The van der Waals surface area contributed by atoms with E-state index in [0.29, 0.717) is 0 Å². The Morgan fingerprint density at radius 3 is 3.00 bits per heavy atom. The van der Waals surface area contributed by atoms with Crippen LogP contribution in [0.1, 0.15) is 6.92 Å². The summed E-state index contributed by atoms with van der Waals surface area (Å²) in [6.45, 7) is 2.01. The van der Waals surface area contributed by atoms with Crippen LogP contribution >= 0.6 is 0 Å². The van der Waals surface area contributed by atoms with E-state index in [2.05, 4.69) is 10.3 Å². The molecule has 0 bridgehead atoms. The highest BCUT2D eigenvalue weighted by Gasteiger charge is 1.80. The number of hydrogen-bond donors (Lipinski definition) is 2. The van der Waals surface area contributed by atoms with Gasteiger partial charge in [0.1, 0.15) is 0 Å². The van der Waals surface area contributed by atoms with Gasteiger partial charge in [-0.15, -0.1) is 0 Å². The predicted octanol–water partition coefficient (Wildman–Crippen LogP) is -0.228. The fraction of sp³-hybridized carbons (Fsp3) is 0.250. The smallest absolute Gasteiger partial charge is 0.0425 e. The number of aromatic nitrogens is 1. The molecule has 0 saturated carbocycles. The molecule has 0 unspecified atom stereocenters. The fourth-order valence-electron chi connectivity index (χ4n) is 0.926. The normalized spacial score (nSPS) is 14.2. The molecule has 1 heterocycles. The van der Waals surface area contributed by atoms with Crippen LogP contribution in [0.15, 0.2) is 12.3 Å². The van der Waals surface area contributed by atoms with Crippen LogP contribution in [0.3, 0.4) is 0 Å². The molecule has 0 aromatic carbocycles. The highest BCUT2D eigenvalue weighted by atomic mass is 14.8. The Labute approximate surface area is 60.3 Å². The van der Waals surface area contributed by atoms with Gasteiger partial charge in [0.2, 0.25) is 0 Å². The number of nitrogens with one attached hydrogen (secondary N) is 2.